The van der Waals surface area contributed by atoms with Crippen molar-refractivity contribution in [2.45, 2.75) is 19.3 Å². The molecule has 0 unspecified atom stereocenters. The summed E-state index contributed by atoms with van der Waals surface area (Å²) in [6, 6.07) is 17.3. The molecule has 0 saturated heterocycles. The minimum Gasteiger partial charge on any atom is -0.449 e. The van der Waals surface area contributed by atoms with Gasteiger partial charge in [-0.15, -0.1) is 11.3 Å². The first-order valence-electron chi connectivity index (χ1n) is 7.77. The van der Waals surface area contributed by atoms with Crippen molar-refractivity contribution in [3.8, 4) is 5.00 Å². The molecule has 111 valence electrons. The van der Waals surface area contributed by atoms with Gasteiger partial charge < -0.3 is 9.59 Å². The number of rotatable bonds is 1. The van der Waals surface area contributed by atoms with E-state index < -0.39 is 0 Å². The van der Waals surface area contributed by atoms with Crippen LogP contribution in [-0.4, -0.2) is 17.1 Å². The second-order valence-corrected chi connectivity index (χ2v) is 7.74. The highest BCUT2D eigenvalue weighted by Gasteiger charge is 2.36. The Morgan fingerprint density at radius 3 is 2.61 bits per heavy atom. The number of fused-ring (bicyclic) bond motifs is 5. The van der Waals surface area contributed by atoms with Gasteiger partial charge in [-0.25, -0.2) is 0 Å². The third-order valence-corrected chi connectivity index (χ3v) is 6.16. The zero-order valence-corrected chi connectivity index (χ0v) is 13.8. The lowest BCUT2D eigenvalue weighted by atomic mass is 9.76. The van der Waals surface area contributed by atoms with Crippen LogP contribution in [0.15, 0.2) is 48.5 Å². The van der Waals surface area contributed by atoms with Gasteiger partial charge in [0.2, 0.25) is 0 Å². The molecule has 3 heterocycles. The van der Waals surface area contributed by atoms with Crippen LogP contribution in [0.4, 0.5) is 0 Å². The van der Waals surface area contributed by atoms with Gasteiger partial charge in [-0.2, -0.15) is 0 Å². The van der Waals surface area contributed by atoms with Crippen LogP contribution in [0.5, 0.6) is 0 Å². The Balaban J connectivity index is 2.08. The summed E-state index contributed by atoms with van der Waals surface area (Å²) in [5.41, 5.74) is 5.09. The first-order valence-corrected chi connectivity index (χ1v) is 8.59. The molecule has 4 aromatic rings. The quantitative estimate of drug-likeness (QED) is 0.532. The number of para-hydroxylation sites is 2. The standard InChI is InChI=1S/C19H15BNOS/c1-19(2)13-8-5-7-12-11-6-3-4-9-15(11)21(17(12)13)18-14(19)10-16(20-22)23-18/h3-10,22H,1-2H3. The molecule has 0 aliphatic carbocycles. The van der Waals surface area contributed by atoms with Crippen molar-refractivity contribution in [3.05, 3.63) is 59.7 Å². The normalized spacial score (nSPS) is 15.1. The molecule has 0 bridgehead atoms. The molecule has 1 aliphatic rings. The van der Waals surface area contributed by atoms with E-state index in [4.69, 9.17) is 0 Å². The van der Waals surface area contributed by atoms with Crippen LogP contribution in [0.25, 0.3) is 26.8 Å². The van der Waals surface area contributed by atoms with Gasteiger partial charge in [0.1, 0.15) is 5.00 Å². The van der Waals surface area contributed by atoms with Crippen LogP contribution >= 0.6 is 11.3 Å². The Morgan fingerprint density at radius 1 is 1.00 bits per heavy atom. The SMILES string of the molecule is CC1(C)c2cc([B]O)sc2-n2c3ccccc3c3cccc1c32. The van der Waals surface area contributed by atoms with Crippen molar-refractivity contribution in [1.82, 2.24) is 4.57 Å². The lowest BCUT2D eigenvalue weighted by molar-refractivity contribution is 0.615. The van der Waals surface area contributed by atoms with E-state index in [1.165, 1.54) is 45.4 Å². The fraction of sp³-hybridized carbons (Fsp3) is 0.158. The third-order valence-electron chi connectivity index (χ3n) is 5.10. The summed E-state index contributed by atoms with van der Waals surface area (Å²) in [5.74, 6) is 0. The van der Waals surface area contributed by atoms with E-state index in [9.17, 15) is 5.02 Å². The van der Waals surface area contributed by atoms with Gasteiger partial charge in [0.05, 0.1) is 11.0 Å². The highest BCUT2D eigenvalue weighted by atomic mass is 32.1. The van der Waals surface area contributed by atoms with E-state index in [2.05, 4.69) is 66.9 Å². The maximum atomic E-state index is 9.51. The molecule has 2 aromatic carbocycles. The highest BCUT2D eigenvalue weighted by molar-refractivity contribution is 7.23. The lowest BCUT2D eigenvalue weighted by Crippen LogP contribution is -2.25. The monoisotopic (exact) mass is 316 g/mol. The average molecular weight is 316 g/mol. The molecular formula is C19H15BNOS. The summed E-state index contributed by atoms with van der Waals surface area (Å²) >= 11 is 1.65. The number of hydrogen-bond donors (Lipinski definition) is 1. The summed E-state index contributed by atoms with van der Waals surface area (Å²) in [5, 5.41) is 13.3. The number of aromatic nitrogens is 1. The van der Waals surface area contributed by atoms with Crippen molar-refractivity contribution in [3.63, 3.8) is 0 Å². The first-order chi connectivity index (χ1) is 11.1. The number of thiophene rings is 1. The molecule has 23 heavy (non-hydrogen) atoms. The van der Waals surface area contributed by atoms with Crippen molar-refractivity contribution < 1.29 is 5.02 Å². The Bertz CT molecular complexity index is 1090. The van der Waals surface area contributed by atoms with E-state index in [0.29, 0.717) is 0 Å². The fourth-order valence-corrected chi connectivity index (χ4v) is 5.11. The van der Waals surface area contributed by atoms with Crippen molar-refractivity contribution in [2.24, 2.45) is 0 Å². The largest absolute Gasteiger partial charge is 0.449 e. The van der Waals surface area contributed by atoms with E-state index in [0.717, 1.165) is 4.78 Å². The fourth-order valence-electron chi connectivity index (χ4n) is 3.96. The zero-order valence-electron chi connectivity index (χ0n) is 13.0. The topological polar surface area (TPSA) is 25.2 Å². The highest BCUT2D eigenvalue weighted by Crippen LogP contribution is 2.48. The Hall–Kier alpha value is -2.04. The van der Waals surface area contributed by atoms with E-state index in [1.807, 2.05) is 0 Å². The second-order valence-electron chi connectivity index (χ2n) is 6.68. The maximum absolute atomic E-state index is 9.51. The van der Waals surface area contributed by atoms with Gasteiger partial charge in [0.15, 0.2) is 0 Å². The number of benzene rings is 2. The molecule has 2 aromatic heterocycles. The zero-order chi connectivity index (χ0) is 15.8. The summed E-state index contributed by atoms with van der Waals surface area (Å²) in [6.45, 7) is 4.55. The van der Waals surface area contributed by atoms with Crippen molar-refractivity contribution in [1.29, 1.82) is 0 Å². The Kier molecular flexibility index (Phi) is 2.49. The van der Waals surface area contributed by atoms with Crippen LogP contribution in [0.3, 0.4) is 0 Å². The van der Waals surface area contributed by atoms with E-state index >= 15 is 0 Å². The summed E-state index contributed by atoms with van der Waals surface area (Å²) in [4.78, 5) is 0. The van der Waals surface area contributed by atoms with Gasteiger partial charge in [-0.3, -0.25) is 0 Å². The number of hydrogen-bond acceptors (Lipinski definition) is 2. The molecule has 1 radical (unpaired) electrons. The molecule has 0 amide bonds. The van der Waals surface area contributed by atoms with Crippen molar-refractivity contribution in [2.75, 3.05) is 0 Å². The molecule has 5 rings (SSSR count). The van der Waals surface area contributed by atoms with Crippen LogP contribution < -0.4 is 4.78 Å². The second kappa shape index (κ2) is 4.28. The Labute approximate surface area is 139 Å². The smallest absolute Gasteiger partial charge is 0.338 e. The number of nitrogens with zero attached hydrogens (tertiary/aromatic N) is 1. The van der Waals surface area contributed by atoms with Crippen LogP contribution in [0.1, 0.15) is 25.0 Å². The van der Waals surface area contributed by atoms with Crippen molar-refractivity contribution >= 4 is 45.4 Å². The molecule has 0 fully saturated rings. The molecule has 4 heteroatoms. The van der Waals surface area contributed by atoms with Crippen LogP contribution in [0, 0.1) is 0 Å². The minimum atomic E-state index is -0.0724. The maximum Gasteiger partial charge on any atom is 0.338 e. The summed E-state index contributed by atoms with van der Waals surface area (Å²) < 4.78 is 3.28. The summed E-state index contributed by atoms with van der Waals surface area (Å²) in [7, 11) is 1.21. The van der Waals surface area contributed by atoms with E-state index in [1.54, 1.807) is 11.3 Å². The molecule has 2 nitrogen and oxygen atoms in total. The predicted octanol–water partition coefficient (Wildman–Crippen LogP) is 3.72. The van der Waals surface area contributed by atoms with Gasteiger partial charge in [-0.05, 0) is 23.3 Å². The molecule has 0 spiro atoms. The van der Waals surface area contributed by atoms with Gasteiger partial charge in [0, 0.05) is 21.0 Å². The minimum absolute atomic E-state index is 0.0724. The van der Waals surface area contributed by atoms with E-state index in [-0.39, 0.29) is 5.41 Å². The Morgan fingerprint density at radius 2 is 1.78 bits per heavy atom. The predicted molar refractivity (Wildman–Crippen MR) is 98.4 cm³/mol. The first kappa shape index (κ1) is 13.4. The lowest BCUT2D eigenvalue weighted by Gasteiger charge is -2.32. The van der Waals surface area contributed by atoms with Gasteiger partial charge in [-0.1, -0.05) is 50.2 Å². The van der Waals surface area contributed by atoms with Gasteiger partial charge in [0.25, 0.3) is 0 Å². The molecule has 1 N–H and O–H groups in total. The van der Waals surface area contributed by atoms with Crippen LogP contribution in [-0.2, 0) is 5.41 Å². The van der Waals surface area contributed by atoms with Gasteiger partial charge >= 0.3 is 7.48 Å². The molecule has 0 atom stereocenters. The molecular weight excluding hydrogens is 301 g/mol. The molecule has 1 aliphatic heterocycles. The summed E-state index contributed by atoms with van der Waals surface area (Å²) in [6.07, 6.45) is 0. The van der Waals surface area contributed by atoms with Crippen LogP contribution in [0.2, 0.25) is 0 Å². The average Bonchev–Trinajstić information content (AvgIpc) is 3.13. The third kappa shape index (κ3) is 1.53. The molecule has 0 saturated carbocycles.